The summed E-state index contributed by atoms with van der Waals surface area (Å²) < 4.78 is 21.3. The molecule has 3 aromatic rings. The van der Waals surface area contributed by atoms with Gasteiger partial charge in [-0.2, -0.15) is 0 Å². The largest absolute Gasteiger partial charge is 0.481 e. The number of pyridine rings is 2. The van der Waals surface area contributed by atoms with Crippen LogP contribution in [-0.2, 0) is 0 Å². The smallest absolute Gasteiger partial charge is 0.212 e. The second-order valence-corrected chi connectivity index (χ2v) is 4.75. The van der Waals surface area contributed by atoms with E-state index in [9.17, 15) is 4.39 Å². The SMILES string of the molecule is COc1ccc(-c2cc(F)c3ncc(Br)n3c2)cn1. The van der Waals surface area contributed by atoms with Gasteiger partial charge in [0.2, 0.25) is 5.88 Å². The standard InChI is InChI=1S/C13H9BrFN3O/c1-19-12-3-2-8(5-16-12)9-4-10(15)13-17-6-11(14)18(13)7-9/h2-7H,1H3. The number of nitrogens with zero attached hydrogens (tertiary/aromatic N) is 3. The molecule has 0 aromatic carbocycles. The Labute approximate surface area is 117 Å². The first-order chi connectivity index (χ1) is 9.19. The van der Waals surface area contributed by atoms with Crippen molar-refractivity contribution in [2.45, 2.75) is 0 Å². The number of imidazole rings is 1. The molecule has 0 radical (unpaired) electrons. The molecular formula is C13H9BrFN3O. The summed E-state index contributed by atoms with van der Waals surface area (Å²) in [6.45, 7) is 0. The van der Waals surface area contributed by atoms with Crippen molar-refractivity contribution in [1.82, 2.24) is 14.4 Å². The molecule has 0 N–H and O–H groups in total. The lowest BCUT2D eigenvalue weighted by molar-refractivity contribution is 0.398. The fraction of sp³-hybridized carbons (Fsp3) is 0.0769. The summed E-state index contributed by atoms with van der Waals surface area (Å²) in [7, 11) is 1.55. The number of methoxy groups -OCH3 is 1. The molecule has 0 fully saturated rings. The predicted molar refractivity (Wildman–Crippen MR) is 72.6 cm³/mol. The van der Waals surface area contributed by atoms with Crippen LogP contribution in [0.25, 0.3) is 16.8 Å². The van der Waals surface area contributed by atoms with Crippen LogP contribution >= 0.6 is 15.9 Å². The fourth-order valence-electron chi connectivity index (χ4n) is 1.85. The molecule has 4 nitrogen and oxygen atoms in total. The van der Waals surface area contributed by atoms with Crippen LogP contribution in [0, 0.1) is 5.82 Å². The van der Waals surface area contributed by atoms with Gasteiger partial charge >= 0.3 is 0 Å². The lowest BCUT2D eigenvalue weighted by Crippen LogP contribution is -1.93. The van der Waals surface area contributed by atoms with Crippen molar-refractivity contribution in [1.29, 1.82) is 0 Å². The highest BCUT2D eigenvalue weighted by molar-refractivity contribution is 9.10. The molecule has 19 heavy (non-hydrogen) atoms. The molecule has 0 bridgehead atoms. The number of halogens is 2. The van der Waals surface area contributed by atoms with E-state index in [0.717, 1.165) is 11.1 Å². The van der Waals surface area contributed by atoms with E-state index in [1.165, 1.54) is 6.07 Å². The number of hydrogen-bond donors (Lipinski definition) is 0. The maximum atomic E-state index is 13.9. The molecule has 0 amide bonds. The molecule has 3 heterocycles. The van der Waals surface area contributed by atoms with Crippen molar-refractivity contribution in [3.8, 4) is 17.0 Å². The highest BCUT2D eigenvalue weighted by Gasteiger charge is 2.09. The molecule has 96 valence electrons. The Morgan fingerprint density at radius 1 is 1.21 bits per heavy atom. The van der Waals surface area contributed by atoms with E-state index in [1.54, 1.807) is 36.2 Å². The van der Waals surface area contributed by atoms with E-state index >= 15 is 0 Å². The fourth-order valence-corrected chi connectivity index (χ4v) is 2.22. The van der Waals surface area contributed by atoms with Crippen LogP contribution in [-0.4, -0.2) is 21.5 Å². The molecule has 0 aliphatic heterocycles. The van der Waals surface area contributed by atoms with E-state index < -0.39 is 0 Å². The van der Waals surface area contributed by atoms with Gasteiger partial charge in [0.25, 0.3) is 0 Å². The number of rotatable bonds is 2. The Hall–Kier alpha value is -1.95. The maximum absolute atomic E-state index is 13.9. The van der Waals surface area contributed by atoms with Gasteiger partial charge in [-0.3, -0.25) is 4.40 Å². The summed E-state index contributed by atoms with van der Waals surface area (Å²) >= 11 is 3.33. The zero-order chi connectivity index (χ0) is 13.4. The second-order valence-electron chi connectivity index (χ2n) is 3.94. The minimum absolute atomic E-state index is 0.289. The van der Waals surface area contributed by atoms with Crippen LogP contribution in [0.2, 0.25) is 0 Å². The van der Waals surface area contributed by atoms with E-state index in [1.807, 2.05) is 6.07 Å². The lowest BCUT2D eigenvalue weighted by atomic mass is 10.1. The van der Waals surface area contributed by atoms with E-state index in [0.29, 0.717) is 10.5 Å². The van der Waals surface area contributed by atoms with Crippen LogP contribution in [0.3, 0.4) is 0 Å². The number of fused-ring (bicyclic) bond motifs is 1. The third kappa shape index (κ3) is 2.08. The number of aromatic nitrogens is 3. The van der Waals surface area contributed by atoms with Crippen LogP contribution in [0.4, 0.5) is 4.39 Å². The van der Waals surface area contributed by atoms with Gasteiger partial charge in [0.05, 0.1) is 13.3 Å². The van der Waals surface area contributed by atoms with Gasteiger partial charge < -0.3 is 4.74 Å². The van der Waals surface area contributed by atoms with Gasteiger partial charge in [-0.05, 0) is 28.1 Å². The first-order valence-electron chi connectivity index (χ1n) is 5.51. The minimum Gasteiger partial charge on any atom is -0.481 e. The summed E-state index contributed by atoms with van der Waals surface area (Å²) in [4.78, 5) is 8.10. The molecule has 0 unspecified atom stereocenters. The van der Waals surface area contributed by atoms with E-state index in [2.05, 4.69) is 25.9 Å². The first kappa shape index (κ1) is 12.1. The summed E-state index contributed by atoms with van der Waals surface area (Å²) in [6, 6.07) is 5.01. The zero-order valence-corrected chi connectivity index (χ0v) is 11.6. The van der Waals surface area contributed by atoms with Crippen LogP contribution in [0.5, 0.6) is 5.88 Å². The quantitative estimate of drug-likeness (QED) is 0.727. The highest BCUT2D eigenvalue weighted by atomic mass is 79.9. The maximum Gasteiger partial charge on any atom is 0.212 e. The van der Waals surface area contributed by atoms with Gasteiger partial charge in [0.15, 0.2) is 11.5 Å². The second kappa shape index (κ2) is 4.62. The summed E-state index contributed by atoms with van der Waals surface area (Å²) in [5.41, 5.74) is 1.82. The molecule has 0 saturated heterocycles. The normalized spacial score (nSPS) is 10.9. The third-order valence-corrected chi connectivity index (χ3v) is 3.38. The molecular weight excluding hydrogens is 313 g/mol. The Morgan fingerprint density at radius 3 is 2.74 bits per heavy atom. The van der Waals surface area contributed by atoms with Crippen LogP contribution in [0.15, 0.2) is 41.4 Å². The first-order valence-corrected chi connectivity index (χ1v) is 6.31. The minimum atomic E-state index is -0.376. The summed E-state index contributed by atoms with van der Waals surface area (Å²) in [6.07, 6.45) is 5.01. The predicted octanol–water partition coefficient (Wildman–Crippen LogP) is 3.31. The Morgan fingerprint density at radius 2 is 2.05 bits per heavy atom. The molecule has 0 aliphatic rings. The topological polar surface area (TPSA) is 39.4 Å². The number of hydrogen-bond acceptors (Lipinski definition) is 3. The Balaban J connectivity index is 2.15. The van der Waals surface area contributed by atoms with Crippen molar-refractivity contribution < 1.29 is 9.13 Å². The molecule has 0 spiro atoms. The molecule has 6 heteroatoms. The van der Waals surface area contributed by atoms with E-state index in [-0.39, 0.29) is 11.5 Å². The van der Waals surface area contributed by atoms with Crippen molar-refractivity contribution in [2.75, 3.05) is 7.11 Å². The molecule has 3 aromatic heterocycles. The Kier molecular flexibility index (Phi) is 2.94. The van der Waals surface area contributed by atoms with Crippen LogP contribution < -0.4 is 4.74 Å². The van der Waals surface area contributed by atoms with Crippen LogP contribution in [0.1, 0.15) is 0 Å². The van der Waals surface area contributed by atoms with Gasteiger partial charge in [-0.15, -0.1) is 0 Å². The summed E-state index contributed by atoms with van der Waals surface area (Å²) in [5.74, 6) is 0.146. The average Bonchev–Trinajstić information content (AvgIpc) is 2.81. The van der Waals surface area contributed by atoms with Crippen molar-refractivity contribution in [2.24, 2.45) is 0 Å². The van der Waals surface area contributed by atoms with Gasteiger partial charge in [0, 0.05) is 29.6 Å². The Bertz CT molecular complexity index is 739. The average molecular weight is 322 g/mol. The number of ether oxygens (including phenoxy) is 1. The molecule has 0 saturated carbocycles. The lowest BCUT2D eigenvalue weighted by Gasteiger charge is -2.05. The monoisotopic (exact) mass is 321 g/mol. The van der Waals surface area contributed by atoms with Gasteiger partial charge in [-0.1, -0.05) is 0 Å². The molecule has 0 aliphatic carbocycles. The van der Waals surface area contributed by atoms with Crippen molar-refractivity contribution >= 4 is 21.6 Å². The van der Waals surface area contributed by atoms with Gasteiger partial charge in [-0.25, -0.2) is 14.4 Å². The van der Waals surface area contributed by atoms with Gasteiger partial charge in [0.1, 0.15) is 4.60 Å². The van der Waals surface area contributed by atoms with Crippen molar-refractivity contribution in [3.63, 3.8) is 0 Å². The highest BCUT2D eigenvalue weighted by Crippen LogP contribution is 2.25. The van der Waals surface area contributed by atoms with E-state index in [4.69, 9.17) is 4.74 Å². The van der Waals surface area contributed by atoms with Crippen molar-refractivity contribution in [3.05, 3.63) is 47.2 Å². The molecule has 0 atom stereocenters. The summed E-state index contributed by atoms with van der Waals surface area (Å²) in [5, 5.41) is 0. The zero-order valence-electron chi connectivity index (χ0n) is 9.97. The molecule has 3 rings (SSSR count). The third-order valence-electron chi connectivity index (χ3n) is 2.79.